The van der Waals surface area contributed by atoms with Gasteiger partial charge in [-0.05, 0) is 13.0 Å². The van der Waals surface area contributed by atoms with Crippen molar-refractivity contribution in [1.29, 1.82) is 0 Å². The first-order chi connectivity index (χ1) is 8.19. The lowest BCUT2D eigenvalue weighted by Gasteiger charge is -2.08. The third kappa shape index (κ3) is 3.92. The molecule has 17 heavy (non-hydrogen) atoms. The van der Waals surface area contributed by atoms with Gasteiger partial charge in [-0.3, -0.25) is 10.1 Å². The van der Waals surface area contributed by atoms with E-state index < -0.39 is 4.92 Å². The SMILES string of the molecule is CCOCCNc1cc(OC)ccc1[N+](=O)[O-]. The third-order valence-corrected chi connectivity index (χ3v) is 2.17. The highest BCUT2D eigenvalue weighted by molar-refractivity contribution is 5.64. The van der Waals surface area contributed by atoms with Gasteiger partial charge in [-0.1, -0.05) is 0 Å². The van der Waals surface area contributed by atoms with Gasteiger partial charge in [0.1, 0.15) is 11.4 Å². The number of hydrogen-bond acceptors (Lipinski definition) is 5. The van der Waals surface area contributed by atoms with Gasteiger partial charge in [0, 0.05) is 25.3 Å². The summed E-state index contributed by atoms with van der Waals surface area (Å²) in [7, 11) is 1.52. The summed E-state index contributed by atoms with van der Waals surface area (Å²) in [6.07, 6.45) is 0. The fraction of sp³-hybridized carbons (Fsp3) is 0.455. The molecule has 6 nitrogen and oxygen atoms in total. The number of anilines is 1. The molecule has 0 atom stereocenters. The zero-order chi connectivity index (χ0) is 12.7. The first-order valence-electron chi connectivity index (χ1n) is 5.33. The van der Waals surface area contributed by atoms with Gasteiger partial charge < -0.3 is 14.8 Å². The highest BCUT2D eigenvalue weighted by Crippen LogP contribution is 2.28. The molecule has 0 saturated carbocycles. The number of methoxy groups -OCH3 is 1. The molecule has 1 N–H and O–H groups in total. The Balaban J connectivity index is 2.75. The van der Waals surface area contributed by atoms with Crippen LogP contribution >= 0.6 is 0 Å². The van der Waals surface area contributed by atoms with Gasteiger partial charge in [0.25, 0.3) is 5.69 Å². The standard InChI is InChI=1S/C11H16N2O4/c1-3-17-7-6-12-10-8-9(16-2)4-5-11(10)13(14)15/h4-5,8,12H,3,6-7H2,1-2H3. The highest BCUT2D eigenvalue weighted by Gasteiger charge is 2.13. The molecule has 94 valence electrons. The lowest BCUT2D eigenvalue weighted by Crippen LogP contribution is -2.10. The average Bonchev–Trinajstić information content (AvgIpc) is 2.34. The van der Waals surface area contributed by atoms with Crippen molar-refractivity contribution in [3.63, 3.8) is 0 Å². The average molecular weight is 240 g/mol. The second-order valence-corrected chi connectivity index (χ2v) is 3.26. The van der Waals surface area contributed by atoms with Gasteiger partial charge in [-0.15, -0.1) is 0 Å². The number of ether oxygens (including phenoxy) is 2. The lowest BCUT2D eigenvalue weighted by atomic mass is 10.2. The number of nitro benzene ring substituents is 1. The molecule has 1 aromatic rings. The van der Waals surface area contributed by atoms with Crippen molar-refractivity contribution in [2.75, 3.05) is 32.2 Å². The maximum Gasteiger partial charge on any atom is 0.292 e. The molecule has 0 spiro atoms. The van der Waals surface area contributed by atoms with E-state index in [-0.39, 0.29) is 5.69 Å². The molecule has 1 rings (SSSR count). The normalized spacial score (nSPS) is 10.0. The molecule has 0 heterocycles. The quantitative estimate of drug-likeness (QED) is 0.448. The predicted octanol–water partition coefficient (Wildman–Crippen LogP) is 2.05. The van der Waals surface area contributed by atoms with Crippen LogP contribution < -0.4 is 10.1 Å². The van der Waals surface area contributed by atoms with Crippen molar-refractivity contribution in [3.8, 4) is 5.75 Å². The van der Waals surface area contributed by atoms with Crippen LogP contribution in [0.2, 0.25) is 0 Å². The first kappa shape index (κ1) is 13.2. The van der Waals surface area contributed by atoms with E-state index in [1.54, 1.807) is 12.1 Å². The Bertz CT molecular complexity index is 382. The minimum Gasteiger partial charge on any atom is -0.497 e. The second kappa shape index (κ2) is 6.70. The first-order valence-corrected chi connectivity index (χ1v) is 5.33. The molecule has 0 radical (unpaired) electrons. The van der Waals surface area contributed by atoms with Crippen molar-refractivity contribution in [2.45, 2.75) is 6.92 Å². The molecule has 0 amide bonds. The van der Waals surface area contributed by atoms with E-state index in [9.17, 15) is 10.1 Å². The summed E-state index contributed by atoms with van der Waals surface area (Å²) in [5, 5.41) is 13.8. The number of benzene rings is 1. The Morgan fingerprint density at radius 1 is 1.47 bits per heavy atom. The lowest BCUT2D eigenvalue weighted by molar-refractivity contribution is -0.384. The fourth-order valence-corrected chi connectivity index (χ4v) is 1.35. The van der Waals surface area contributed by atoms with Crippen LogP contribution in [-0.2, 0) is 4.74 Å². The molecule has 1 aromatic carbocycles. The molecule has 0 fully saturated rings. The number of hydrogen-bond donors (Lipinski definition) is 1. The van der Waals surface area contributed by atoms with E-state index in [1.165, 1.54) is 13.2 Å². The van der Waals surface area contributed by atoms with Crippen LogP contribution in [-0.4, -0.2) is 31.8 Å². The largest absolute Gasteiger partial charge is 0.497 e. The Hall–Kier alpha value is -1.82. The Labute approximate surface area is 99.7 Å². The smallest absolute Gasteiger partial charge is 0.292 e. The van der Waals surface area contributed by atoms with Crippen LogP contribution in [0.1, 0.15) is 6.92 Å². The summed E-state index contributed by atoms with van der Waals surface area (Å²) in [6, 6.07) is 4.58. The van der Waals surface area contributed by atoms with E-state index >= 15 is 0 Å². The summed E-state index contributed by atoms with van der Waals surface area (Å²) in [6.45, 7) is 3.54. The van der Waals surface area contributed by atoms with Gasteiger partial charge >= 0.3 is 0 Å². The zero-order valence-corrected chi connectivity index (χ0v) is 9.93. The molecular weight excluding hydrogens is 224 g/mol. The monoisotopic (exact) mass is 240 g/mol. The zero-order valence-electron chi connectivity index (χ0n) is 9.93. The van der Waals surface area contributed by atoms with Crippen LogP contribution in [0.25, 0.3) is 0 Å². The summed E-state index contributed by atoms with van der Waals surface area (Å²) in [4.78, 5) is 10.4. The molecular formula is C11H16N2O4. The summed E-state index contributed by atoms with van der Waals surface area (Å²) in [5.41, 5.74) is 0.469. The van der Waals surface area contributed by atoms with Gasteiger partial charge in [-0.25, -0.2) is 0 Å². The summed E-state index contributed by atoms with van der Waals surface area (Å²) >= 11 is 0. The minimum absolute atomic E-state index is 0.0299. The molecule has 0 unspecified atom stereocenters. The number of nitrogens with zero attached hydrogens (tertiary/aromatic N) is 1. The van der Waals surface area contributed by atoms with Crippen molar-refractivity contribution >= 4 is 11.4 Å². The number of rotatable bonds is 7. The minimum atomic E-state index is -0.428. The summed E-state index contributed by atoms with van der Waals surface area (Å²) in [5.74, 6) is 0.578. The van der Waals surface area contributed by atoms with E-state index in [2.05, 4.69) is 5.32 Å². The fourth-order valence-electron chi connectivity index (χ4n) is 1.35. The van der Waals surface area contributed by atoms with Crippen LogP contribution in [0.3, 0.4) is 0 Å². The Kier molecular flexibility index (Phi) is 5.22. The second-order valence-electron chi connectivity index (χ2n) is 3.26. The van der Waals surface area contributed by atoms with Gasteiger partial charge in [0.05, 0.1) is 18.6 Å². The topological polar surface area (TPSA) is 73.6 Å². The molecule has 6 heteroatoms. The van der Waals surface area contributed by atoms with Crippen molar-refractivity contribution in [3.05, 3.63) is 28.3 Å². The van der Waals surface area contributed by atoms with Gasteiger partial charge in [-0.2, -0.15) is 0 Å². The molecule has 0 bridgehead atoms. The molecule has 0 aliphatic carbocycles. The maximum atomic E-state index is 10.8. The van der Waals surface area contributed by atoms with E-state index in [0.717, 1.165) is 0 Å². The van der Waals surface area contributed by atoms with Crippen LogP contribution in [0.15, 0.2) is 18.2 Å². The molecule has 0 aliphatic heterocycles. The van der Waals surface area contributed by atoms with Crippen molar-refractivity contribution in [2.24, 2.45) is 0 Å². The predicted molar refractivity (Wildman–Crippen MR) is 64.6 cm³/mol. The molecule has 0 saturated heterocycles. The summed E-state index contributed by atoms with van der Waals surface area (Å²) < 4.78 is 10.2. The highest BCUT2D eigenvalue weighted by atomic mass is 16.6. The van der Waals surface area contributed by atoms with Crippen molar-refractivity contribution < 1.29 is 14.4 Å². The van der Waals surface area contributed by atoms with Crippen LogP contribution in [0.4, 0.5) is 11.4 Å². The Morgan fingerprint density at radius 2 is 2.24 bits per heavy atom. The van der Waals surface area contributed by atoms with Gasteiger partial charge in [0.2, 0.25) is 0 Å². The number of nitrogens with one attached hydrogen (secondary N) is 1. The maximum absolute atomic E-state index is 10.8. The third-order valence-electron chi connectivity index (χ3n) is 2.17. The number of nitro groups is 1. The van der Waals surface area contributed by atoms with Crippen molar-refractivity contribution in [1.82, 2.24) is 0 Å². The van der Waals surface area contributed by atoms with E-state index in [4.69, 9.17) is 9.47 Å². The Morgan fingerprint density at radius 3 is 2.82 bits per heavy atom. The van der Waals surface area contributed by atoms with Gasteiger partial charge in [0.15, 0.2) is 0 Å². The van der Waals surface area contributed by atoms with E-state index in [1.807, 2.05) is 6.92 Å². The van der Waals surface area contributed by atoms with E-state index in [0.29, 0.717) is 31.2 Å². The van der Waals surface area contributed by atoms with Crippen LogP contribution in [0.5, 0.6) is 5.75 Å². The molecule has 0 aliphatic rings. The van der Waals surface area contributed by atoms with Crippen LogP contribution in [0, 0.1) is 10.1 Å². The molecule has 0 aromatic heterocycles.